The number of rotatable bonds is 6. The standard InChI is InChI=1S/C17H22ClN3OS.HI/c1-3-19-17(20-10-13-6-4-5-12(2)9-13)21-11-14(22)15-7-8-16(18)23-15;/h4-9,14,22H,3,10-11H2,1-2H3,(H2,19,20,21);1H. The van der Waals surface area contributed by atoms with E-state index in [1.54, 1.807) is 6.07 Å². The van der Waals surface area contributed by atoms with Gasteiger partial charge in [0, 0.05) is 18.0 Å². The van der Waals surface area contributed by atoms with Crippen molar-refractivity contribution in [2.24, 2.45) is 4.99 Å². The van der Waals surface area contributed by atoms with Crippen molar-refractivity contribution in [3.8, 4) is 0 Å². The molecule has 1 unspecified atom stereocenters. The lowest BCUT2D eigenvalue weighted by Crippen LogP contribution is -2.39. The van der Waals surface area contributed by atoms with Crippen LogP contribution in [0.4, 0.5) is 0 Å². The number of aryl methyl sites for hydroxylation is 1. The zero-order valence-electron chi connectivity index (χ0n) is 13.8. The first-order valence-corrected chi connectivity index (χ1v) is 8.79. The molecular formula is C17H23ClIN3OS. The summed E-state index contributed by atoms with van der Waals surface area (Å²) in [6.45, 7) is 5.83. The Morgan fingerprint density at radius 2 is 2.08 bits per heavy atom. The minimum absolute atomic E-state index is 0. The SMILES string of the molecule is CCNC(=NCc1cccc(C)c1)NCC(O)c1ccc(Cl)s1.I. The molecule has 1 aromatic carbocycles. The quantitative estimate of drug-likeness (QED) is 0.332. The first-order chi connectivity index (χ1) is 11.1. The Bertz CT molecular complexity index is 663. The highest BCUT2D eigenvalue weighted by Crippen LogP contribution is 2.26. The predicted molar refractivity (Wildman–Crippen MR) is 114 cm³/mol. The number of aliphatic hydroxyl groups excluding tert-OH is 1. The molecule has 0 spiro atoms. The molecule has 2 rings (SSSR count). The van der Waals surface area contributed by atoms with Gasteiger partial charge in [-0.3, -0.25) is 0 Å². The topological polar surface area (TPSA) is 56.7 Å². The fraction of sp³-hybridized carbons (Fsp3) is 0.353. The number of thiophene rings is 1. The van der Waals surface area contributed by atoms with Gasteiger partial charge in [0.05, 0.1) is 10.9 Å². The summed E-state index contributed by atoms with van der Waals surface area (Å²) in [5.74, 6) is 0.690. The average Bonchev–Trinajstić information content (AvgIpc) is 2.96. The van der Waals surface area contributed by atoms with E-state index in [4.69, 9.17) is 11.6 Å². The third-order valence-corrected chi connectivity index (χ3v) is 4.56. The van der Waals surface area contributed by atoms with Gasteiger partial charge in [-0.15, -0.1) is 35.3 Å². The molecule has 0 saturated carbocycles. The molecule has 0 saturated heterocycles. The lowest BCUT2D eigenvalue weighted by atomic mass is 10.1. The Balaban J connectivity index is 0.00000288. The number of aliphatic hydroxyl groups is 1. The summed E-state index contributed by atoms with van der Waals surface area (Å²) in [7, 11) is 0. The van der Waals surface area contributed by atoms with E-state index in [9.17, 15) is 5.11 Å². The number of aliphatic imine (C=N–C) groups is 1. The van der Waals surface area contributed by atoms with Gasteiger partial charge in [-0.2, -0.15) is 0 Å². The van der Waals surface area contributed by atoms with E-state index in [2.05, 4.69) is 40.7 Å². The molecule has 0 aliphatic heterocycles. The largest absolute Gasteiger partial charge is 0.386 e. The number of benzene rings is 1. The zero-order valence-corrected chi connectivity index (χ0v) is 17.7. The van der Waals surface area contributed by atoms with Crippen molar-refractivity contribution in [3.05, 3.63) is 56.7 Å². The second-order valence-corrected chi connectivity index (χ2v) is 6.97. The molecule has 3 N–H and O–H groups in total. The van der Waals surface area contributed by atoms with Crippen LogP contribution in [-0.2, 0) is 6.54 Å². The van der Waals surface area contributed by atoms with Crippen LogP contribution in [0.1, 0.15) is 29.0 Å². The van der Waals surface area contributed by atoms with Crippen LogP contribution >= 0.6 is 46.9 Å². The summed E-state index contributed by atoms with van der Waals surface area (Å²) in [6, 6.07) is 11.9. The van der Waals surface area contributed by atoms with E-state index in [1.165, 1.54) is 16.9 Å². The Morgan fingerprint density at radius 1 is 1.29 bits per heavy atom. The summed E-state index contributed by atoms with van der Waals surface area (Å²) < 4.78 is 0.680. The van der Waals surface area contributed by atoms with Crippen molar-refractivity contribution in [1.82, 2.24) is 10.6 Å². The number of guanidine groups is 1. The van der Waals surface area contributed by atoms with Gasteiger partial charge in [0.15, 0.2) is 5.96 Å². The molecule has 1 atom stereocenters. The van der Waals surface area contributed by atoms with Crippen molar-refractivity contribution in [2.45, 2.75) is 26.5 Å². The maximum atomic E-state index is 10.2. The van der Waals surface area contributed by atoms with Gasteiger partial charge in [0.2, 0.25) is 0 Å². The first-order valence-electron chi connectivity index (χ1n) is 7.59. The molecule has 0 fully saturated rings. The fourth-order valence-electron chi connectivity index (χ4n) is 2.12. The minimum Gasteiger partial charge on any atom is -0.386 e. The molecule has 1 heterocycles. The van der Waals surface area contributed by atoms with Crippen molar-refractivity contribution < 1.29 is 5.11 Å². The Labute approximate surface area is 169 Å². The van der Waals surface area contributed by atoms with Crippen molar-refractivity contribution in [3.63, 3.8) is 0 Å². The van der Waals surface area contributed by atoms with Gasteiger partial charge in [-0.1, -0.05) is 41.4 Å². The summed E-state index contributed by atoms with van der Waals surface area (Å²) in [5.41, 5.74) is 2.38. The molecule has 4 nitrogen and oxygen atoms in total. The van der Waals surface area contributed by atoms with Gasteiger partial charge in [-0.05, 0) is 31.5 Å². The van der Waals surface area contributed by atoms with Crippen LogP contribution in [0, 0.1) is 6.92 Å². The van der Waals surface area contributed by atoms with Gasteiger partial charge in [0.1, 0.15) is 6.10 Å². The monoisotopic (exact) mass is 479 g/mol. The molecule has 7 heteroatoms. The highest BCUT2D eigenvalue weighted by Gasteiger charge is 2.10. The molecule has 0 amide bonds. The second-order valence-electron chi connectivity index (χ2n) is 5.22. The number of hydrogen-bond acceptors (Lipinski definition) is 3. The first kappa shape index (κ1) is 21.2. The zero-order chi connectivity index (χ0) is 16.7. The molecule has 0 aliphatic carbocycles. The Morgan fingerprint density at radius 3 is 2.71 bits per heavy atom. The van der Waals surface area contributed by atoms with E-state index in [0.717, 1.165) is 17.0 Å². The predicted octanol–water partition coefficient (Wildman–Crippen LogP) is 4.12. The molecule has 1 aromatic heterocycles. The second kappa shape index (κ2) is 10.9. The van der Waals surface area contributed by atoms with Gasteiger partial charge < -0.3 is 15.7 Å². The van der Waals surface area contributed by atoms with Crippen molar-refractivity contribution in [2.75, 3.05) is 13.1 Å². The van der Waals surface area contributed by atoms with Crippen LogP contribution in [0.5, 0.6) is 0 Å². The van der Waals surface area contributed by atoms with Crippen LogP contribution in [0.3, 0.4) is 0 Å². The van der Waals surface area contributed by atoms with Crippen LogP contribution in [-0.4, -0.2) is 24.2 Å². The Hall–Kier alpha value is -0.830. The van der Waals surface area contributed by atoms with Crippen LogP contribution in [0.15, 0.2) is 41.4 Å². The minimum atomic E-state index is -0.602. The maximum absolute atomic E-state index is 10.2. The van der Waals surface area contributed by atoms with E-state index in [0.29, 0.717) is 23.4 Å². The third-order valence-electron chi connectivity index (χ3n) is 3.23. The van der Waals surface area contributed by atoms with Gasteiger partial charge >= 0.3 is 0 Å². The number of nitrogens with one attached hydrogen (secondary N) is 2. The number of hydrogen-bond donors (Lipinski definition) is 3. The molecule has 0 aliphatic rings. The normalized spacial score (nSPS) is 12.4. The summed E-state index contributed by atoms with van der Waals surface area (Å²) in [4.78, 5) is 5.40. The summed E-state index contributed by atoms with van der Waals surface area (Å²) >= 11 is 7.29. The molecule has 0 radical (unpaired) electrons. The summed E-state index contributed by atoms with van der Waals surface area (Å²) in [5, 5.41) is 16.5. The third kappa shape index (κ3) is 6.96. The lowest BCUT2D eigenvalue weighted by molar-refractivity contribution is 0.184. The van der Waals surface area contributed by atoms with E-state index < -0.39 is 6.10 Å². The van der Waals surface area contributed by atoms with E-state index >= 15 is 0 Å². The van der Waals surface area contributed by atoms with E-state index in [-0.39, 0.29) is 24.0 Å². The average molecular weight is 480 g/mol. The molecular weight excluding hydrogens is 457 g/mol. The van der Waals surface area contributed by atoms with Crippen LogP contribution in [0.2, 0.25) is 4.34 Å². The van der Waals surface area contributed by atoms with Crippen LogP contribution < -0.4 is 10.6 Å². The number of nitrogens with zero attached hydrogens (tertiary/aromatic N) is 1. The summed E-state index contributed by atoms with van der Waals surface area (Å²) in [6.07, 6.45) is -0.602. The molecule has 2 aromatic rings. The lowest BCUT2D eigenvalue weighted by Gasteiger charge is -2.14. The highest BCUT2D eigenvalue weighted by atomic mass is 127. The van der Waals surface area contributed by atoms with Gasteiger partial charge in [-0.25, -0.2) is 4.99 Å². The van der Waals surface area contributed by atoms with E-state index in [1.807, 2.05) is 19.1 Å². The van der Waals surface area contributed by atoms with Crippen molar-refractivity contribution >= 4 is 52.9 Å². The number of halogens is 2. The van der Waals surface area contributed by atoms with Gasteiger partial charge in [0.25, 0.3) is 0 Å². The fourth-order valence-corrected chi connectivity index (χ4v) is 3.17. The molecule has 24 heavy (non-hydrogen) atoms. The Kier molecular flexibility index (Phi) is 9.65. The molecule has 0 bridgehead atoms. The molecule has 132 valence electrons. The highest BCUT2D eigenvalue weighted by molar-refractivity contribution is 14.0. The van der Waals surface area contributed by atoms with Crippen LogP contribution in [0.25, 0.3) is 0 Å². The maximum Gasteiger partial charge on any atom is 0.191 e. The van der Waals surface area contributed by atoms with Crippen molar-refractivity contribution in [1.29, 1.82) is 0 Å². The smallest absolute Gasteiger partial charge is 0.191 e.